The van der Waals surface area contributed by atoms with E-state index in [4.69, 9.17) is 4.74 Å². The minimum absolute atomic E-state index is 0.219. The number of esters is 1. The first-order valence-corrected chi connectivity index (χ1v) is 9.22. The molecule has 3 heterocycles. The molecule has 0 aromatic heterocycles. The molecule has 0 spiro atoms. The van der Waals surface area contributed by atoms with E-state index < -0.39 is 57.1 Å². The van der Waals surface area contributed by atoms with Crippen LogP contribution in [0.3, 0.4) is 0 Å². The van der Waals surface area contributed by atoms with E-state index in [9.17, 15) is 23.7 Å². The van der Waals surface area contributed by atoms with E-state index in [1.54, 1.807) is 26.0 Å². The maximum Gasteiger partial charge on any atom is 0.334 e. The van der Waals surface area contributed by atoms with Crippen LogP contribution in [0.25, 0.3) is 0 Å². The lowest BCUT2D eigenvalue weighted by Gasteiger charge is -2.44. The first-order valence-electron chi connectivity index (χ1n) is 8.01. The van der Waals surface area contributed by atoms with Crippen LogP contribution >= 0.6 is 0 Å². The molecule has 3 aliphatic heterocycles. The Morgan fingerprint density at radius 2 is 1.69 bits per heavy atom. The van der Waals surface area contributed by atoms with Crippen LogP contribution in [0.1, 0.15) is 34.6 Å². The van der Waals surface area contributed by atoms with Gasteiger partial charge >= 0.3 is 5.97 Å². The van der Waals surface area contributed by atoms with Crippen LogP contribution in [0, 0.1) is 0 Å². The summed E-state index contributed by atoms with van der Waals surface area (Å²) < 4.78 is 16.7. The van der Waals surface area contributed by atoms with Crippen LogP contribution in [0.2, 0.25) is 0 Å². The zero-order valence-electron chi connectivity index (χ0n) is 14.3. The SMILES string of the molecule is COC(=O)C1N2C(=O)C(N3C(=O)c4ccccc4C3=O)[C@H]2[S+]([O-])C1(C)C. The monoisotopic (exact) mass is 376 g/mol. The van der Waals surface area contributed by atoms with E-state index in [1.165, 1.54) is 24.1 Å². The van der Waals surface area contributed by atoms with E-state index in [0.717, 1.165) is 4.90 Å². The second kappa shape index (κ2) is 5.31. The lowest BCUT2D eigenvalue weighted by molar-refractivity contribution is -0.164. The van der Waals surface area contributed by atoms with Gasteiger partial charge in [-0.2, -0.15) is 0 Å². The summed E-state index contributed by atoms with van der Waals surface area (Å²) in [7, 11) is 1.20. The average molecular weight is 376 g/mol. The predicted octanol–water partition coefficient (Wildman–Crippen LogP) is -0.0980. The van der Waals surface area contributed by atoms with E-state index in [1.807, 2.05) is 0 Å². The fourth-order valence-electron chi connectivity index (χ4n) is 3.93. The fraction of sp³-hybridized carbons (Fsp3) is 0.412. The Kier molecular flexibility index (Phi) is 3.48. The van der Waals surface area contributed by atoms with Gasteiger partial charge in [-0.15, -0.1) is 0 Å². The van der Waals surface area contributed by atoms with E-state index >= 15 is 0 Å². The quantitative estimate of drug-likeness (QED) is 0.309. The summed E-state index contributed by atoms with van der Waals surface area (Å²) in [5, 5.41) is -0.913. The van der Waals surface area contributed by atoms with Gasteiger partial charge in [-0.1, -0.05) is 12.1 Å². The van der Waals surface area contributed by atoms with E-state index in [2.05, 4.69) is 0 Å². The molecule has 0 radical (unpaired) electrons. The zero-order valence-corrected chi connectivity index (χ0v) is 15.1. The van der Waals surface area contributed by atoms with Crippen molar-refractivity contribution in [2.75, 3.05) is 7.11 Å². The number of benzene rings is 1. The maximum atomic E-state index is 13.0. The Balaban J connectivity index is 1.72. The third-order valence-electron chi connectivity index (χ3n) is 5.25. The zero-order chi connectivity index (χ0) is 19.0. The van der Waals surface area contributed by atoms with Gasteiger partial charge in [-0.05, 0) is 37.2 Å². The summed E-state index contributed by atoms with van der Waals surface area (Å²) in [6.45, 7) is 3.21. The second-order valence-electron chi connectivity index (χ2n) is 6.93. The molecule has 3 aliphatic rings. The van der Waals surface area contributed by atoms with Crippen molar-refractivity contribution in [2.45, 2.75) is 36.1 Å². The van der Waals surface area contributed by atoms with Crippen molar-refractivity contribution in [3.63, 3.8) is 0 Å². The molecule has 3 unspecified atom stereocenters. The van der Waals surface area contributed by atoms with Gasteiger partial charge in [0.2, 0.25) is 5.37 Å². The standard InChI is InChI=1S/C17H16N2O6S/c1-17(2)11(16(23)25-3)19-14(22)10(15(19)26(17)24)18-12(20)8-6-4-5-7-9(8)13(18)21/h4-7,10-11,15H,1-3H3/t10?,11?,15-,26?/m1/s1. The Morgan fingerprint density at radius 1 is 1.15 bits per heavy atom. The molecule has 0 bridgehead atoms. The summed E-state index contributed by atoms with van der Waals surface area (Å²) in [5.41, 5.74) is 0.438. The van der Waals surface area contributed by atoms with Gasteiger partial charge in [0.15, 0.2) is 16.8 Å². The van der Waals surface area contributed by atoms with Crippen LogP contribution in [0.4, 0.5) is 0 Å². The van der Waals surface area contributed by atoms with Crippen molar-refractivity contribution in [3.8, 4) is 0 Å². The third kappa shape index (κ3) is 1.84. The van der Waals surface area contributed by atoms with Crippen LogP contribution in [-0.2, 0) is 25.5 Å². The first-order chi connectivity index (χ1) is 12.2. The lowest BCUT2D eigenvalue weighted by Crippen LogP contribution is -2.72. The van der Waals surface area contributed by atoms with E-state index in [0.29, 0.717) is 0 Å². The normalized spacial score (nSPS) is 31.6. The minimum Gasteiger partial charge on any atom is -0.614 e. The summed E-state index contributed by atoms with van der Waals surface area (Å²) in [6, 6.07) is 4.11. The smallest absolute Gasteiger partial charge is 0.334 e. The molecule has 2 saturated heterocycles. The molecule has 0 N–H and O–H groups in total. The van der Waals surface area contributed by atoms with Crippen LogP contribution < -0.4 is 0 Å². The van der Waals surface area contributed by atoms with Gasteiger partial charge in [0, 0.05) is 0 Å². The summed E-state index contributed by atoms with van der Waals surface area (Å²) in [5.74, 6) is -2.40. The van der Waals surface area contributed by atoms with Crippen LogP contribution in [0.15, 0.2) is 24.3 Å². The first kappa shape index (κ1) is 17.0. The van der Waals surface area contributed by atoms with Gasteiger partial charge in [0.05, 0.1) is 18.2 Å². The predicted molar refractivity (Wildman–Crippen MR) is 89.4 cm³/mol. The Labute approximate surface area is 152 Å². The number of hydrogen-bond acceptors (Lipinski definition) is 6. The van der Waals surface area contributed by atoms with Crippen molar-refractivity contribution >= 4 is 34.9 Å². The number of carbonyl (C=O) groups excluding carboxylic acids is 4. The molecule has 2 fully saturated rings. The topological polar surface area (TPSA) is 107 Å². The van der Waals surface area contributed by atoms with Crippen LogP contribution in [0.5, 0.6) is 0 Å². The van der Waals surface area contributed by atoms with Gasteiger partial charge in [0.25, 0.3) is 17.7 Å². The Hall–Kier alpha value is -2.39. The molecule has 136 valence electrons. The molecule has 1 aromatic carbocycles. The number of nitrogens with zero attached hydrogens (tertiary/aromatic N) is 2. The average Bonchev–Trinajstić information content (AvgIpc) is 2.97. The molecule has 26 heavy (non-hydrogen) atoms. The Morgan fingerprint density at radius 3 is 2.19 bits per heavy atom. The van der Waals surface area contributed by atoms with Gasteiger partial charge < -0.3 is 9.29 Å². The molecule has 0 aliphatic carbocycles. The van der Waals surface area contributed by atoms with Crippen molar-refractivity contribution < 1.29 is 28.5 Å². The third-order valence-corrected chi connectivity index (χ3v) is 7.44. The number of methoxy groups -OCH3 is 1. The highest BCUT2D eigenvalue weighted by Crippen LogP contribution is 2.48. The van der Waals surface area contributed by atoms with Gasteiger partial charge in [-0.3, -0.25) is 24.2 Å². The number of hydrogen-bond donors (Lipinski definition) is 0. The van der Waals surface area contributed by atoms with Crippen LogP contribution in [-0.4, -0.2) is 67.4 Å². The number of ether oxygens (including phenoxy) is 1. The fourth-order valence-corrected chi connectivity index (χ4v) is 5.88. The molecule has 9 heteroatoms. The van der Waals surface area contributed by atoms with Gasteiger partial charge in [0.1, 0.15) is 0 Å². The highest BCUT2D eigenvalue weighted by molar-refractivity contribution is 7.94. The molecule has 1 aromatic rings. The number of carbonyl (C=O) groups is 4. The summed E-state index contributed by atoms with van der Waals surface area (Å²) >= 11 is -1.66. The largest absolute Gasteiger partial charge is 0.614 e. The molecule has 4 rings (SSSR count). The Bertz CT molecular complexity index is 834. The highest BCUT2D eigenvalue weighted by atomic mass is 32.2. The molecular weight excluding hydrogens is 360 g/mol. The van der Waals surface area contributed by atoms with Crippen molar-refractivity contribution in [1.29, 1.82) is 0 Å². The second-order valence-corrected chi connectivity index (χ2v) is 9.06. The van der Waals surface area contributed by atoms with Crippen molar-refractivity contribution in [2.24, 2.45) is 0 Å². The lowest BCUT2D eigenvalue weighted by atomic mass is 9.95. The highest BCUT2D eigenvalue weighted by Gasteiger charge is 2.75. The number of β-lactam (4-membered cyclic amide) rings is 1. The molecular formula is C17H16N2O6S. The molecule has 8 nitrogen and oxygen atoms in total. The number of fused-ring (bicyclic) bond motifs is 2. The molecule has 4 atom stereocenters. The van der Waals surface area contributed by atoms with Gasteiger partial charge in [-0.25, -0.2) is 4.79 Å². The summed E-state index contributed by atoms with van der Waals surface area (Å²) in [6.07, 6.45) is 0. The number of imide groups is 1. The molecule has 0 saturated carbocycles. The van der Waals surface area contributed by atoms with Crippen molar-refractivity contribution in [1.82, 2.24) is 9.80 Å². The van der Waals surface area contributed by atoms with Crippen molar-refractivity contribution in [3.05, 3.63) is 35.4 Å². The number of amides is 3. The minimum atomic E-state index is -1.66. The summed E-state index contributed by atoms with van der Waals surface area (Å²) in [4.78, 5) is 52.3. The van der Waals surface area contributed by atoms with E-state index in [-0.39, 0.29) is 11.1 Å². The number of rotatable bonds is 2. The molecule has 3 amide bonds. The maximum absolute atomic E-state index is 13.0.